The number of phenolic OH excluding ortho intramolecular Hbond substituents is 2. The van der Waals surface area contributed by atoms with Crippen LogP contribution in [0, 0.1) is 0 Å². The Hall–Kier alpha value is -3.68. The van der Waals surface area contributed by atoms with Crippen molar-refractivity contribution in [1.29, 1.82) is 0 Å². The molecule has 0 atom stereocenters. The first-order valence-corrected chi connectivity index (χ1v) is 9.10. The summed E-state index contributed by atoms with van der Waals surface area (Å²) in [5.41, 5.74) is -0.618. The molecule has 2 N–H and O–H groups in total. The summed E-state index contributed by atoms with van der Waals surface area (Å²) in [4.78, 5) is 24.4. The van der Waals surface area contributed by atoms with E-state index in [-0.39, 0.29) is 40.6 Å². The van der Waals surface area contributed by atoms with Gasteiger partial charge in [-0.3, -0.25) is 4.79 Å². The largest absolute Gasteiger partial charge is 0.508 e. The minimum atomic E-state index is -0.641. The smallest absolute Gasteiger partial charge is 0.344 e. The Morgan fingerprint density at radius 2 is 1.80 bits per heavy atom. The molecule has 0 saturated carbocycles. The minimum Gasteiger partial charge on any atom is -0.508 e. The van der Waals surface area contributed by atoms with Crippen LogP contribution in [0.4, 0.5) is 0 Å². The maximum atomic E-state index is 12.4. The Balaban J connectivity index is 1.96. The highest BCUT2D eigenvalue weighted by Gasteiger charge is 2.18. The van der Waals surface area contributed by atoms with Gasteiger partial charge in [0, 0.05) is 23.8 Å². The summed E-state index contributed by atoms with van der Waals surface area (Å²) in [6.07, 6.45) is 0. The van der Waals surface area contributed by atoms with Crippen molar-refractivity contribution in [2.75, 3.05) is 13.7 Å². The van der Waals surface area contributed by atoms with Crippen molar-refractivity contribution in [3.63, 3.8) is 0 Å². The van der Waals surface area contributed by atoms with Crippen LogP contribution >= 0.6 is 0 Å². The van der Waals surface area contributed by atoms with Crippen LogP contribution in [0.2, 0.25) is 0 Å². The zero-order chi connectivity index (χ0) is 22.1. The number of phenols is 2. The molecule has 1 aromatic heterocycles. The van der Waals surface area contributed by atoms with Crippen LogP contribution in [0.15, 0.2) is 45.6 Å². The first kappa shape index (κ1) is 21.0. The fraction of sp³-hybridized carbons (Fsp3) is 0.273. The number of benzene rings is 2. The fourth-order valence-corrected chi connectivity index (χ4v) is 2.85. The van der Waals surface area contributed by atoms with Gasteiger partial charge in [0.2, 0.25) is 0 Å². The van der Waals surface area contributed by atoms with Gasteiger partial charge in [-0.15, -0.1) is 0 Å². The summed E-state index contributed by atoms with van der Waals surface area (Å²) in [6, 6.07) is 8.32. The Labute approximate surface area is 172 Å². The zero-order valence-corrected chi connectivity index (χ0v) is 17.0. The van der Waals surface area contributed by atoms with E-state index in [0.717, 1.165) is 6.07 Å². The first-order valence-electron chi connectivity index (χ1n) is 9.10. The lowest BCUT2D eigenvalue weighted by Crippen LogP contribution is -2.27. The standard InChI is InChI=1S/C22H22O8/c1-22(2,3)30-20(26)11-28-18-7-12(5-6-16(18)27-4)17-10-15(25)21-14(24)8-13(23)9-19(21)29-17/h5-10,23-24H,11H2,1-4H3. The molecule has 0 spiro atoms. The third kappa shape index (κ3) is 4.65. The molecule has 158 valence electrons. The van der Waals surface area contributed by atoms with Gasteiger partial charge in [0.1, 0.15) is 33.8 Å². The lowest BCUT2D eigenvalue weighted by Gasteiger charge is -2.20. The number of carbonyl (C=O) groups is 1. The highest BCUT2D eigenvalue weighted by molar-refractivity contribution is 5.86. The fourth-order valence-electron chi connectivity index (χ4n) is 2.85. The molecule has 30 heavy (non-hydrogen) atoms. The van der Waals surface area contributed by atoms with Crippen molar-refractivity contribution < 1.29 is 33.6 Å². The third-order valence-corrected chi connectivity index (χ3v) is 4.01. The van der Waals surface area contributed by atoms with Crippen molar-refractivity contribution in [3.05, 3.63) is 46.6 Å². The Bertz CT molecular complexity index is 1150. The van der Waals surface area contributed by atoms with E-state index >= 15 is 0 Å². The summed E-state index contributed by atoms with van der Waals surface area (Å²) in [6.45, 7) is 4.93. The van der Waals surface area contributed by atoms with Gasteiger partial charge >= 0.3 is 5.97 Å². The van der Waals surface area contributed by atoms with E-state index in [9.17, 15) is 19.8 Å². The normalized spacial score (nSPS) is 11.3. The average Bonchev–Trinajstić information content (AvgIpc) is 2.63. The van der Waals surface area contributed by atoms with Crippen LogP contribution < -0.4 is 14.9 Å². The van der Waals surface area contributed by atoms with E-state index < -0.39 is 17.0 Å². The Morgan fingerprint density at radius 1 is 1.07 bits per heavy atom. The maximum absolute atomic E-state index is 12.4. The highest BCUT2D eigenvalue weighted by atomic mass is 16.6. The molecule has 0 aliphatic rings. The molecular weight excluding hydrogens is 392 g/mol. The molecule has 1 heterocycles. The van der Waals surface area contributed by atoms with Gasteiger partial charge in [-0.25, -0.2) is 4.79 Å². The lowest BCUT2D eigenvalue weighted by atomic mass is 10.1. The number of carbonyl (C=O) groups excluding carboxylic acids is 1. The van der Waals surface area contributed by atoms with Crippen LogP contribution in [0.1, 0.15) is 20.8 Å². The van der Waals surface area contributed by atoms with Crippen molar-refractivity contribution >= 4 is 16.9 Å². The van der Waals surface area contributed by atoms with Gasteiger partial charge in [0.25, 0.3) is 0 Å². The Kier molecular flexibility index (Phi) is 5.60. The van der Waals surface area contributed by atoms with E-state index in [1.807, 2.05) is 0 Å². The number of ether oxygens (including phenoxy) is 3. The average molecular weight is 414 g/mol. The van der Waals surface area contributed by atoms with Gasteiger partial charge in [0.15, 0.2) is 23.5 Å². The quantitative estimate of drug-likeness (QED) is 0.609. The number of esters is 1. The first-order chi connectivity index (χ1) is 14.1. The summed E-state index contributed by atoms with van der Waals surface area (Å²) >= 11 is 0. The minimum absolute atomic E-state index is 0.0297. The summed E-state index contributed by atoms with van der Waals surface area (Å²) < 4.78 is 21.7. The van der Waals surface area contributed by atoms with Crippen molar-refractivity contribution in [2.24, 2.45) is 0 Å². The molecule has 0 radical (unpaired) electrons. The monoisotopic (exact) mass is 414 g/mol. The number of methoxy groups -OCH3 is 1. The van der Waals surface area contributed by atoms with E-state index in [1.54, 1.807) is 39.0 Å². The van der Waals surface area contributed by atoms with Crippen molar-refractivity contribution in [3.8, 4) is 34.3 Å². The van der Waals surface area contributed by atoms with Gasteiger partial charge < -0.3 is 28.8 Å². The Morgan fingerprint density at radius 3 is 2.47 bits per heavy atom. The van der Waals surface area contributed by atoms with E-state index in [2.05, 4.69) is 0 Å². The number of hydrogen-bond donors (Lipinski definition) is 2. The summed E-state index contributed by atoms with van der Waals surface area (Å²) in [7, 11) is 1.46. The van der Waals surface area contributed by atoms with Crippen molar-refractivity contribution in [2.45, 2.75) is 26.4 Å². The topological polar surface area (TPSA) is 115 Å². The molecule has 8 nitrogen and oxygen atoms in total. The molecule has 3 rings (SSSR count). The molecule has 0 aliphatic heterocycles. The zero-order valence-electron chi connectivity index (χ0n) is 17.0. The van der Waals surface area contributed by atoms with E-state index in [1.165, 1.54) is 19.2 Å². The second-order valence-electron chi connectivity index (χ2n) is 7.55. The van der Waals surface area contributed by atoms with Gasteiger partial charge in [0.05, 0.1) is 7.11 Å². The van der Waals surface area contributed by atoms with E-state index in [4.69, 9.17) is 18.6 Å². The van der Waals surface area contributed by atoms with Gasteiger partial charge in [-0.05, 0) is 39.0 Å². The molecule has 8 heteroatoms. The SMILES string of the molecule is COc1ccc(-c2cc(=O)c3c(O)cc(O)cc3o2)cc1OCC(=O)OC(C)(C)C. The molecule has 0 saturated heterocycles. The highest BCUT2D eigenvalue weighted by Crippen LogP contribution is 2.35. The maximum Gasteiger partial charge on any atom is 0.344 e. The lowest BCUT2D eigenvalue weighted by molar-refractivity contribution is -0.157. The van der Waals surface area contributed by atoms with Crippen LogP contribution in [0.3, 0.4) is 0 Å². The molecule has 0 bridgehead atoms. The second kappa shape index (κ2) is 7.98. The second-order valence-corrected chi connectivity index (χ2v) is 7.55. The summed E-state index contributed by atoms with van der Waals surface area (Å²) in [5, 5.41) is 19.5. The summed E-state index contributed by atoms with van der Waals surface area (Å²) in [5.74, 6) is -0.346. The van der Waals surface area contributed by atoms with Crippen LogP contribution in [-0.2, 0) is 9.53 Å². The molecule has 0 unspecified atom stereocenters. The van der Waals surface area contributed by atoms with Crippen LogP contribution in [-0.4, -0.2) is 35.5 Å². The van der Waals surface area contributed by atoms with E-state index in [0.29, 0.717) is 11.3 Å². The number of aromatic hydroxyl groups is 2. The van der Waals surface area contributed by atoms with Crippen LogP contribution in [0.25, 0.3) is 22.3 Å². The van der Waals surface area contributed by atoms with Crippen molar-refractivity contribution in [1.82, 2.24) is 0 Å². The number of fused-ring (bicyclic) bond motifs is 1. The van der Waals surface area contributed by atoms with Gasteiger partial charge in [-0.2, -0.15) is 0 Å². The van der Waals surface area contributed by atoms with Gasteiger partial charge in [-0.1, -0.05) is 0 Å². The number of hydrogen-bond acceptors (Lipinski definition) is 8. The molecule has 0 aliphatic carbocycles. The predicted octanol–water partition coefficient (Wildman–Crippen LogP) is 3.60. The molecule has 2 aromatic carbocycles. The predicted molar refractivity (Wildman–Crippen MR) is 109 cm³/mol. The molecule has 3 aromatic rings. The third-order valence-electron chi connectivity index (χ3n) is 4.01. The molecule has 0 amide bonds. The molecule has 0 fully saturated rings. The number of rotatable bonds is 5. The van der Waals surface area contributed by atoms with Crippen LogP contribution in [0.5, 0.6) is 23.0 Å². The molecular formula is C22H22O8.